The molecular weight excluding hydrogens is 553 g/mol. The number of unbranched alkanes of at least 4 members (excludes halogenated alkanes) is 1. The zero-order valence-corrected chi connectivity index (χ0v) is 24.5. The summed E-state index contributed by atoms with van der Waals surface area (Å²) < 4.78 is 42.5. The Hall–Kier alpha value is -3.43. The molecule has 0 heterocycles. The number of carbonyl (C=O) groups is 2. The fraction of sp³-hybridized carbons (Fsp3) is 0.333. The number of carbonyl (C=O) groups excluding carboxylic acids is 2. The number of aryl methyl sites for hydroxylation is 1. The van der Waals surface area contributed by atoms with Gasteiger partial charge in [-0.2, -0.15) is 0 Å². The number of anilines is 1. The molecule has 1 N–H and O–H groups in total. The van der Waals surface area contributed by atoms with E-state index in [1.807, 2.05) is 38.1 Å². The molecule has 0 saturated carbocycles. The van der Waals surface area contributed by atoms with Gasteiger partial charge < -0.3 is 10.2 Å². The third-order valence-corrected chi connectivity index (χ3v) is 8.70. The minimum Gasteiger partial charge on any atom is -0.354 e. The lowest BCUT2D eigenvalue weighted by Gasteiger charge is -2.33. The molecule has 0 aliphatic carbocycles. The van der Waals surface area contributed by atoms with Gasteiger partial charge in [-0.05, 0) is 61.2 Å². The highest BCUT2D eigenvalue weighted by atomic mass is 35.5. The average Bonchev–Trinajstić information content (AvgIpc) is 2.94. The van der Waals surface area contributed by atoms with Crippen LogP contribution in [0.15, 0.2) is 77.7 Å². The Bertz CT molecular complexity index is 1420. The van der Waals surface area contributed by atoms with Crippen LogP contribution in [-0.4, -0.2) is 44.3 Å². The second-order valence-corrected chi connectivity index (χ2v) is 11.7. The molecule has 3 rings (SSSR count). The van der Waals surface area contributed by atoms with Crippen LogP contribution >= 0.6 is 11.6 Å². The van der Waals surface area contributed by atoms with Gasteiger partial charge in [-0.25, -0.2) is 12.8 Å². The largest absolute Gasteiger partial charge is 0.354 e. The van der Waals surface area contributed by atoms with Crippen molar-refractivity contribution in [2.45, 2.75) is 57.5 Å². The zero-order valence-electron chi connectivity index (χ0n) is 22.9. The molecule has 3 aromatic rings. The predicted octanol–water partition coefficient (Wildman–Crippen LogP) is 5.71. The summed E-state index contributed by atoms with van der Waals surface area (Å²) in [4.78, 5) is 28.6. The third-order valence-electron chi connectivity index (χ3n) is 6.62. The molecule has 214 valence electrons. The molecule has 3 aromatic carbocycles. The first-order valence-electron chi connectivity index (χ1n) is 13.2. The summed E-state index contributed by atoms with van der Waals surface area (Å²) in [6, 6.07) is 17.8. The van der Waals surface area contributed by atoms with Gasteiger partial charge in [-0.15, -0.1) is 0 Å². The van der Waals surface area contributed by atoms with E-state index in [0.717, 1.165) is 34.3 Å². The van der Waals surface area contributed by atoms with Gasteiger partial charge in [0.15, 0.2) is 0 Å². The number of hydrogen-bond acceptors (Lipinski definition) is 4. The summed E-state index contributed by atoms with van der Waals surface area (Å²) in [6.07, 6.45) is 2.02. The normalized spacial score (nSPS) is 12.0. The minimum atomic E-state index is -4.26. The van der Waals surface area contributed by atoms with E-state index in [1.165, 1.54) is 29.2 Å². The number of nitrogens with zero attached hydrogens (tertiary/aromatic N) is 2. The molecule has 10 heteroatoms. The van der Waals surface area contributed by atoms with Crippen LogP contribution in [0.2, 0.25) is 5.02 Å². The van der Waals surface area contributed by atoms with Crippen molar-refractivity contribution < 1.29 is 22.4 Å². The van der Waals surface area contributed by atoms with Gasteiger partial charge in [0.05, 0.1) is 15.6 Å². The fourth-order valence-electron chi connectivity index (χ4n) is 4.29. The van der Waals surface area contributed by atoms with E-state index >= 15 is 0 Å². The summed E-state index contributed by atoms with van der Waals surface area (Å²) in [5.41, 5.74) is 1.79. The molecule has 0 bridgehead atoms. The summed E-state index contributed by atoms with van der Waals surface area (Å²) in [5, 5.41) is 2.62. The van der Waals surface area contributed by atoms with Crippen LogP contribution < -0.4 is 9.62 Å². The minimum absolute atomic E-state index is 0.0277. The molecule has 40 heavy (non-hydrogen) atoms. The van der Waals surface area contributed by atoms with Gasteiger partial charge in [-0.1, -0.05) is 74.3 Å². The van der Waals surface area contributed by atoms with Crippen molar-refractivity contribution in [1.82, 2.24) is 10.2 Å². The Kier molecular flexibility index (Phi) is 11.1. The van der Waals surface area contributed by atoms with Crippen molar-refractivity contribution in [3.05, 3.63) is 94.8 Å². The van der Waals surface area contributed by atoms with E-state index < -0.39 is 34.3 Å². The quantitative estimate of drug-likeness (QED) is 0.260. The van der Waals surface area contributed by atoms with Crippen LogP contribution in [0.1, 0.15) is 44.2 Å². The number of benzene rings is 3. The van der Waals surface area contributed by atoms with E-state index in [2.05, 4.69) is 5.32 Å². The molecular formula is C30H35ClFN3O4S. The van der Waals surface area contributed by atoms with Crippen molar-refractivity contribution in [3.8, 4) is 0 Å². The Labute approximate surface area is 241 Å². The zero-order chi connectivity index (χ0) is 29.3. The number of hydrogen-bond donors (Lipinski definition) is 1. The highest BCUT2D eigenvalue weighted by Crippen LogP contribution is 2.28. The van der Waals surface area contributed by atoms with Gasteiger partial charge in [-0.3, -0.25) is 13.9 Å². The maximum atomic E-state index is 14.0. The van der Waals surface area contributed by atoms with Gasteiger partial charge in [0.2, 0.25) is 11.8 Å². The maximum absolute atomic E-state index is 14.0. The Morgan fingerprint density at radius 1 is 1.00 bits per heavy atom. The molecule has 0 aliphatic heterocycles. The van der Waals surface area contributed by atoms with Crippen LogP contribution in [0.5, 0.6) is 0 Å². The Morgan fingerprint density at radius 2 is 1.68 bits per heavy atom. The topological polar surface area (TPSA) is 86.8 Å². The van der Waals surface area contributed by atoms with Crippen LogP contribution in [0.3, 0.4) is 0 Å². The van der Waals surface area contributed by atoms with E-state index in [0.29, 0.717) is 13.0 Å². The van der Waals surface area contributed by atoms with E-state index in [9.17, 15) is 22.4 Å². The lowest BCUT2D eigenvalue weighted by Crippen LogP contribution is -2.52. The molecule has 0 unspecified atom stereocenters. The number of amides is 2. The molecule has 2 amide bonds. The predicted molar refractivity (Wildman–Crippen MR) is 156 cm³/mol. The first-order valence-corrected chi connectivity index (χ1v) is 15.1. The lowest BCUT2D eigenvalue weighted by molar-refractivity contribution is -0.140. The van der Waals surface area contributed by atoms with Crippen molar-refractivity contribution in [1.29, 1.82) is 0 Å². The second kappa shape index (κ2) is 14.3. The summed E-state index contributed by atoms with van der Waals surface area (Å²) in [6.45, 7) is 5.69. The van der Waals surface area contributed by atoms with Gasteiger partial charge in [0.25, 0.3) is 10.0 Å². The van der Waals surface area contributed by atoms with Gasteiger partial charge >= 0.3 is 0 Å². The molecule has 0 aliphatic rings. The van der Waals surface area contributed by atoms with Crippen LogP contribution in [0, 0.1) is 12.7 Å². The smallest absolute Gasteiger partial charge is 0.264 e. The standard InChI is InChI=1S/C30H35ClFN3O4S/c1-4-6-18-33-30(37)28(5-2)34(20-23-13-11-10-12-22(23)3)29(36)21-35(24-16-17-27(32)26(31)19-24)40(38,39)25-14-8-7-9-15-25/h7-17,19,28H,4-6,18,20-21H2,1-3H3,(H,33,37)/t28-/m1/s1. The number of halogens is 2. The van der Waals surface area contributed by atoms with Crippen molar-refractivity contribution in [2.75, 3.05) is 17.4 Å². The first kappa shape index (κ1) is 31.1. The van der Waals surface area contributed by atoms with Crippen LogP contribution in [0.25, 0.3) is 0 Å². The van der Waals surface area contributed by atoms with Crippen LogP contribution in [-0.2, 0) is 26.2 Å². The summed E-state index contributed by atoms with van der Waals surface area (Å²) in [5.74, 6) is -1.61. The molecule has 1 atom stereocenters. The summed E-state index contributed by atoms with van der Waals surface area (Å²) >= 11 is 6.01. The van der Waals surface area contributed by atoms with Crippen molar-refractivity contribution >= 4 is 39.1 Å². The average molecular weight is 588 g/mol. The molecule has 7 nitrogen and oxygen atoms in total. The van der Waals surface area contributed by atoms with Gasteiger partial charge in [0.1, 0.15) is 18.4 Å². The van der Waals surface area contributed by atoms with E-state index in [4.69, 9.17) is 11.6 Å². The molecule has 0 saturated heterocycles. The monoisotopic (exact) mass is 587 g/mol. The number of nitrogens with one attached hydrogen (secondary N) is 1. The lowest BCUT2D eigenvalue weighted by atomic mass is 10.1. The fourth-order valence-corrected chi connectivity index (χ4v) is 5.89. The Morgan fingerprint density at radius 3 is 2.30 bits per heavy atom. The van der Waals surface area contributed by atoms with E-state index in [1.54, 1.807) is 25.1 Å². The Balaban J connectivity index is 2.06. The van der Waals surface area contributed by atoms with Gasteiger partial charge in [0, 0.05) is 13.1 Å². The van der Waals surface area contributed by atoms with Crippen molar-refractivity contribution in [2.24, 2.45) is 0 Å². The van der Waals surface area contributed by atoms with E-state index in [-0.39, 0.29) is 28.1 Å². The van der Waals surface area contributed by atoms with Crippen molar-refractivity contribution in [3.63, 3.8) is 0 Å². The molecule has 0 aromatic heterocycles. The molecule has 0 spiro atoms. The third kappa shape index (κ3) is 7.61. The highest BCUT2D eigenvalue weighted by Gasteiger charge is 2.34. The maximum Gasteiger partial charge on any atom is 0.264 e. The summed E-state index contributed by atoms with van der Waals surface area (Å²) in [7, 11) is -4.26. The molecule has 0 radical (unpaired) electrons. The number of sulfonamides is 1. The first-order chi connectivity index (χ1) is 19.1. The number of rotatable bonds is 13. The second-order valence-electron chi connectivity index (χ2n) is 9.44. The van der Waals surface area contributed by atoms with Crippen LogP contribution in [0.4, 0.5) is 10.1 Å². The highest BCUT2D eigenvalue weighted by molar-refractivity contribution is 7.92. The molecule has 0 fully saturated rings. The SMILES string of the molecule is CCCCNC(=O)[C@@H](CC)N(Cc1ccccc1C)C(=O)CN(c1ccc(F)c(Cl)c1)S(=O)(=O)c1ccccc1.